The molecule has 0 saturated carbocycles. The fraction of sp³-hybridized carbons (Fsp3) is 0.520. The van der Waals surface area contributed by atoms with Gasteiger partial charge in [-0.15, -0.1) is 0 Å². The van der Waals surface area contributed by atoms with Gasteiger partial charge in [-0.25, -0.2) is 0 Å². The van der Waals surface area contributed by atoms with Crippen molar-refractivity contribution in [3.05, 3.63) is 60.2 Å². The van der Waals surface area contributed by atoms with Crippen LogP contribution < -0.4 is 0 Å². The minimum Gasteiger partial charge on any atom is -0.469 e. The number of ether oxygens (including phenoxy) is 2. The maximum atomic E-state index is 12.9. The maximum Gasteiger partial charge on any atom is 0.310 e. The fourth-order valence-electron chi connectivity index (χ4n) is 4.77. The number of methoxy groups -OCH3 is 2. The number of hydrogen-bond acceptors (Lipinski definition) is 7. The smallest absolute Gasteiger partial charge is 0.310 e. The van der Waals surface area contributed by atoms with Crippen molar-refractivity contribution in [3.8, 4) is 0 Å². The predicted molar refractivity (Wildman–Crippen MR) is 120 cm³/mol. The molecule has 7 heteroatoms. The van der Waals surface area contributed by atoms with Crippen molar-refractivity contribution in [2.45, 2.75) is 51.1 Å². The highest BCUT2D eigenvalue weighted by atomic mass is 16.5. The minimum absolute atomic E-state index is 0.313. The van der Waals surface area contributed by atoms with Crippen LogP contribution in [0.15, 0.2) is 48.8 Å². The Morgan fingerprint density at radius 1 is 0.875 bits per heavy atom. The molecular weight excluding hydrogens is 406 g/mol. The molecule has 0 aliphatic carbocycles. The number of unbranched alkanes of at least 4 members (excludes halogenated alkanes) is 3. The summed E-state index contributed by atoms with van der Waals surface area (Å²) in [5.74, 6) is -1.75. The van der Waals surface area contributed by atoms with Gasteiger partial charge in [0.05, 0.1) is 49.5 Å². The molecule has 1 aliphatic heterocycles. The first-order valence-electron chi connectivity index (χ1n) is 11.4. The predicted octanol–water partition coefficient (Wildman–Crippen LogP) is 4.12. The monoisotopic (exact) mass is 439 g/mol. The Labute approximate surface area is 190 Å². The van der Waals surface area contributed by atoms with Crippen LogP contribution in [-0.4, -0.2) is 47.6 Å². The summed E-state index contributed by atoms with van der Waals surface area (Å²) in [4.78, 5) is 37.3. The summed E-state index contributed by atoms with van der Waals surface area (Å²) in [5.41, 5.74) is 1.59. The molecule has 0 bridgehead atoms. The van der Waals surface area contributed by atoms with Crippen LogP contribution in [0.2, 0.25) is 0 Å². The number of carbonyl (C=O) groups excluding carboxylic acids is 2. The van der Waals surface area contributed by atoms with Crippen LogP contribution in [0.25, 0.3) is 0 Å². The number of pyridine rings is 2. The molecule has 7 nitrogen and oxygen atoms in total. The molecule has 0 N–H and O–H groups in total. The van der Waals surface area contributed by atoms with Crippen molar-refractivity contribution < 1.29 is 19.1 Å². The average Bonchev–Trinajstić information content (AvgIpc) is 2.85. The lowest BCUT2D eigenvalue weighted by Gasteiger charge is -2.48. The molecule has 0 radical (unpaired) electrons. The second kappa shape index (κ2) is 11.7. The molecule has 2 aromatic heterocycles. The third kappa shape index (κ3) is 5.33. The number of likely N-dealkylation sites (tertiary alicyclic amines) is 1. The summed E-state index contributed by atoms with van der Waals surface area (Å²) in [5, 5.41) is 0. The van der Waals surface area contributed by atoms with Crippen LogP contribution in [0.1, 0.15) is 62.5 Å². The average molecular weight is 440 g/mol. The van der Waals surface area contributed by atoms with Crippen LogP contribution in [0.3, 0.4) is 0 Å². The molecule has 4 atom stereocenters. The number of hydrogen-bond donors (Lipinski definition) is 0. The van der Waals surface area contributed by atoms with Gasteiger partial charge in [0.25, 0.3) is 0 Å². The summed E-state index contributed by atoms with van der Waals surface area (Å²) in [6.45, 7) is 2.89. The number of nitrogens with zero attached hydrogens (tertiary/aromatic N) is 3. The summed E-state index contributed by atoms with van der Waals surface area (Å²) >= 11 is 0. The number of carbonyl (C=O) groups is 2. The van der Waals surface area contributed by atoms with E-state index in [4.69, 9.17) is 9.47 Å². The van der Waals surface area contributed by atoms with Crippen molar-refractivity contribution in [2.24, 2.45) is 11.8 Å². The van der Waals surface area contributed by atoms with Crippen molar-refractivity contribution >= 4 is 11.9 Å². The molecule has 0 amide bonds. The Bertz CT molecular complexity index is 797. The van der Waals surface area contributed by atoms with E-state index >= 15 is 0 Å². The van der Waals surface area contributed by atoms with Gasteiger partial charge in [-0.1, -0.05) is 38.3 Å². The Morgan fingerprint density at radius 2 is 1.41 bits per heavy atom. The van der Waals surface area contributed by atoms with Gasteiger partial charge in [0, 0.05) is 12.4 Å². The van der Waals surface area contributed by atoms with Crippen molar-refractivity contribution in [3.63, 3.8) is 0 Å². The minimum atomic E-state index is -0.537. The van der Waals surface area contributed by atoms with E-state index in [9.17, 15) is 9.59 Å². The number of esters is 2. The maximum absolute atomic E-state index is 12.9. The molecule has 0 spiro atoms. The fourth-order valence-corrected chi connectivity index (χ4v) is 4.77. The standard InChI is InChI=1S/C25H33N3O4/c1-4-5-6-11-16-28-22(20-12-7-9-14-26-20)18(24(29)31-2)17-19(25(30)32-3)23(28)21-13-8-10-15-27-21/h7-10,12-15,18-19,22-23H,4-6,11,16-17H2,1-3H3. The highest BCUT2D eigenvalue weighted by molar-refractivity contribution is 5.78. The second-order valence-corrected chi connectivity index (χ2v) is 8.19. The zero-order valence-corrected chi connectivity index (χ0v) is 19.1. The van der Waals surface area contributed by atoms with E-state index in [2.05, 4.69) is 21.8 Å². The summed E-state index contributed by atoms with van der Waals surface area (Å²) in [6.07, 6.45) is 8.07. The molecule has 1 aliphatic rings. The zero-order valence-electron chi connectivity index (χ0n) is 19.1. The van der Waals surface area contributed by atoms with E-state index in [0.717, 1.165) is 37.1 Å². The van der Waals surface area contributed by atoms with Gasteiger partial charge in [0.15, 0.2) is 0 Å². The van der Waals surface area contributed by atoms with Gasteiger partial charge in [-0.05, 0) is 43.7 Å². The van der Waals surface area contributed by atoms with E-state index in [1.807, 2.05) is 36.4 Å². The van der Waals surface area contributed by atoms with Gasteiger partial charge in [-0.3, -0.25) is 24.5 Å². The molecule has 2 aromatic rings. The van der Waals surface area contributed by atoms with Crippen LogP contribution in [0.5, 0.6) is 0 Å². The SMILES string of the molecule is CCCCCCN1C(c2ccccn2)C(C(=O)OC)CC(C(=O)OC)C1c1ccccn1. The molecule has 172 valence electrons. The Balaban J connectivity index is 2.11. The third-order valence-electron chi connectivity index (χ3n) is 6.24. The van der Waals surface area contributed by atoms with Crippen molar-refractivity contribution in [2.75, 3.05) is 20.8 Å². The van der Waals surface area contributed by atoms with E-state index in [-0.39, 0.29) is 24.0 Å². The van der Waals surface area contributed by atoms with Crippen molar-refractivity contribution in [1.82, 2.24) is 14.9 Å². The lowest BCUT2D eigenvalue weighted by atomic mass is 9.75. The van der Waals surface area contributed by atoms with Crippen LogP contribution in [-0.2, 0) is 19.1 Å². The lowest BCUT2D eigenvalue weighted by molar-refractivity contribution is -0.162. The molecular formula is C25H33N3O4. The second-order valence-electron chi connectivity index (χ2n) is 8.19. The molecule has 1 fully saturated rings. The zero-order chi connectivity index (χ0) is 22.9. The summed E-state index contributed by atoms with van der Waals surface area (Å²) in [6, 6.07) is 10.8. The molecule has 4 unspecified atom stereocenters. The first-order valence-corrected chi connectivity index (χ1v) is 11.4. The first-order chi connectivity index (χ1) is 15.6. The number of piperidine rings is 1. The highest BCUT2D eigenvalue weighted by Crippen LogP contribution is 2.48. The highest BCUT2D eigenvalue weighted by Gasteiger charge is 2.50. The number of rotatable bonds is 9. The van der Waals surface area contributed by atoms with E-state index in [1.54, 1.807) is 12.4 Å². The quantitative estimate of drug-likeness (QED) is 0.429. The van der Waals surface area contributed by atoms with Crippen molar-refractivity contribution in [1.29, 1.82) is 0 Å². The Kier molecular flexibility index (Phi) is 8.73. The molecule has 1 saturated heterocycles. The van der Waals surface area contributed by atoms with Gasteiger partial charge in [0.1, 0.15) is 0 Å². The van der Waals surface area contributed by atoms with E-state index in [1.165, 1.54) is 14.2 Å². The molecule has 3 heterocycles. The van der Waals surface area contributed by atoms with E-state index < -0.39 is 11.8 Å². The Morgan fingerprint density at radius 3 is 1.81 bits per heavy atom. The molecule has 0 aromatic carbocycles. The number of aromatic nitrogens is 2. The Hall–Kier alpha value is -2.80. The third-order valence-corrected chi connectivity index (χ3v) is 6.24. The summed E-state index contributed by atoms with van der Waals surface area (Å²) in [7, 11) is 2.78. The van der Waals surface area contributed by atoms with Crippen LogP contribution in [0.4, 0.5) is 0 Å². The lowest BCUT2D eigenvalue weighted by Crippen LogP contribution is -2.51. The van der Waals surface area contributed by atoms with E-state index in [0.29, 0.717) is 13.0 Å². The topological polar surface area (TPSA) is 81.6 Å². The largest absolute Gasteiger partial charge is 0.469 e. The normalized spacial score (nSPS) is 23.5. The van der Waals surface area contributed by atoms with Gasteiger partial charge in [-0.2, -0.15) is 0 Å². The molecule has 3 rings (SSSR count). The summed E-state index contributed by atoms with van der Waals surface area (Å²) < 4.78 is 10.3. The van der Waals surface area contributed by atoms with Crippen LogP contribution >= 0.6 is 0 Å². The molecule has 32 heavy (non-hydrogen) atoms. The first kappa shape index (κ1) is 23.9. The van der Waals surface area contributed by atoms with Gasteiger partial charge in [0.2, 0.25) is 0 Å². The van der Waals surface area contributed by atoms with Gasteiger partial charge < -0.3 is 9.47 Å². The van der Waals surface area contributed by atoms with Crippen LogP contribution in [0, 0.1) is 11.8 Å². The van der Waals surface area contributed by atoms with Gasteiger partial charge >= 0.3 is 11.9 Å².